The number of nitrogens with zero attached hydrogens (tertiary/aromatic N) is 2. The second kappa shape index (κ2) is 7.61. The van der Waals surface area contributed by atoms with Crippen LogP contribution >= 0.6 is 11.6 Å². The Labute approximate surface area is 157 Å². The first-order chi connectivity index (χ1) is 12.7. The minimum absolute atomic E-state index is 0.0838. The van der Waals surface area contributed by atoms with Crippen LogP contribution < -0.4 is 10.9 Å². The molecule has 3 rings (SSSR count). The van der Waals surface area contributed by atoms with Crippen LogP contribution in [0, 0.1) is 5.82 Å². The fourth-order valence-corrected chi connectivity index (χ4v) is 3.56. The monoisotopic (exact) mass is 408 g/mol. The molecule has 27 heavy (non-hydrogen) atoms. The third-order valence-electron chi connectivity index (χ3n) is 4.66. The summed E-state index contributed by atoms with van der Waals surface area (Å²) in [4.78, 5) is 27.0. The van der Waals surface area contributed by atoms with Crippen LogP contribution in [-0.2, 0) is 22.3 Å². The molecule has 2 atom stereocenters. The number of halogens is 5. The number of hydrazine groups is 1. The first-order valence-corrected chi connectivity index (χ1v) is 8.64. The standard InChI is InChI=1S/C16H17ClF4N4O2/c17-14-12(6-22-23-15(14)27)24-3-4-25(13(26)8-24)7-9-5-10(18)1-2-11(9)16(19,20)21/h1-2,5,12,14,22H,3-4,6-8H2,(H,23,27). The van der Waals surface area contributed by atoms with Crippen molar-refractivity contribution in [2.75, 3.05) is 26.2 Å². The highest BCUT2D eigenvalue weighted by molar-refractivity contribution is 6.31. The highest BCUT2D eigenvalue weighted by Gasteiger charge is 2.39. The molecular formula is C16H17ClF4N4O2. The van der Waals surface area contributed by atoms with E-state index >= 15 is 0 Å². The maximum absolute atomic E-state index is 13.4. The number of nitrogens with one attached hydrogen (secondary N) is 2. The number of hydrogen-bond donors (Lipinski definition) is 2. The number of alkyl halides is 4. The third kappa shape index (κ3) is 4.33. The molecule has 11 heteroatoms. The summed E-state index contributed by atoms with van der Waals surface area (Å²) in [6, 6.07) is 1.81. The van der Waals surface area contributed by atoms with E-state index in [9.17, 15) is 27.2 Å². The summed E-state index contributed by atoms with van der Waals surface area (Å²) in [6.45, 7) is 0.404. The van der Waals surface area contributed by atoms with Crippen LogP contribution in [-0.4, -0.2) is 59.2 Å². The van der Waals surface area contributed by atoms with Crippen molar-refractivity contribution in [3.63, 3.8) is 0 Å². The van der Waals surface area contributed by atoms with Crippen LogP contribution in [0.1, 0.15) is 11.1 Å². The first kappa shape index (κ1) is 19.8. The summed E-state index contributed by atoms with van der Waals surface area (Å²) < 4.78 is 52.8. The van der Waals surface area contributed by atoms with Crippen LogP contribution in [0.25, 0.3) is 0 Å². The lowest BCUT2D eigenvalue weighted by Crippen LogP contribution is -2.65. The molecule has 148 valence electrons. The van der Waals surface area contributed by atoms with Gasteiger partial charge in [0.1, 0.15) is 11.2 Å². The number of rotatable bonds is 3. The molecule has 2 heterocycles. The van der Waals surface area contributed by atoms with Gasteiger partial charge < -0.3 is 4.90 Å². The normalized spacial score (nSPS) is 24.9. The Balaban J connectivity index is 1.70. The van der Waals surface area contributed by atoms with Gasteiger partial charge in [0.25, 0.3) is 5.91 Å². The van der Waals surface area contributed by atoms with E-state index in [-0.39, 0.29) is 25.2 Å². The quantitative estimate of drug-likeness (QED) is 0.581. The number of amides is 2. The number of piperazine rings is 1. The van der Waals surface area contributed by atoms with Crippen molar-refractivity contribution in [3.8, 4) is 0 Å². The van der Waals surface area contributed by atoms with Gasteiger partial charge in [-0.25, -0.2) is 9.82 Å². The van der Waals surface area contributed by atoms with Gasteiger partial charge in [-0.15, -0.1) is 11.6 Å². The topological polar surface area (TPSA) is 64.7 Å². The van der Waals surface area contributed by atoms with Crippen molar-refractivity contribution in [2.45, 2.75) is 24.1 Å². The van der Waals surface area contributed by atoms with Gasteiger partial charge >= 0.3 is 6.18 Å². The molecule has 0 aromatic heterocycles. The summed E-state index contributed by atoms with van der Waals surface area (Å²) in [5.74, 6) is -1.61. The Kier molecular flexibility index (Phi) is 5.59. The van der Waals surface area contributed by atoms with Crippen molar-refractivity contribution in [1.29, 1.82) is 0 Å². The van der Waals surface area contributed by atoms with E-state index in [0.29, 0.717) is 19.2 Å². The molecule has 2 amide bonds. The summed E-state index contributed by atoms with van der Waals surface area (Å²) in [5.41, 5.74) is 3.83. The molecule has 0 spiro atoms. The molecule has 2 saturated heterocycles. The smallest absolute Gasteiger partial charge is 0.336 e. The third-order valence-corrected chi connectivity index (χ3v) is 5.15. The zero-order valence-corrected chi connectivity index (χ0v) is 14.8. The Morgan fingerprint density at radius 3 is 2.63 bits per heavy atom. The number of benzene rings is 1. The van der Waals surface area contributed by atoms with Crippen molar-refractivity contribution >= 4 is 23.4 Å². The maximum Gasteiger partial charge on any atom is 0.416 e. The lowest BCUT2D eigenvalue weighted by molar-refractivity contribution is -0.142. The van der Waals surface area contributed by atoms with E-state index in [1.54, 1.807) is 4.90 Å². The molecule has 0 radical (unpaired) electrons. The molecule has 2 fully saturated rings. The van der Waals surface area contributed by atoms with Crippen LogP contribution in [0.4, 0.5) is 17.6 Å². The summed E-state index contributed by atoms with van der Waals surface area (Å²) >= 11 is 6.08. The fraction of sp³-hybridized carbons (Fsp3) is 0.500. The molecule has 0 bridgehead atoms. The van der Waals surface area contributed by atoms with E-state index in [0.717, 1.165) is 12.1 Å². The molecule has 1 aromatic rings. The van der Waals surface area contributed by atoms with E-state index in [4.69, 9.17) is 11.6 Å². The van der Waals surface area contributed by atoms with E-state index < -0.39 is 40.8 Å². The molecule has 0 aliphatic carbocycles. The Bertz CT molecular complexity index is 746. The molecule has 2 aliphatic rings. The highest BCUT2D eigenvalue weighted by atomic mass is 35.5. The minimum Gasteiger partial charge on any atom is -0.336 e. The van der Waals surface area contributed by atoms with Crippen molar-refractivity contribution in [3.05, 3.63) is 35.1 Å². The number of hydrogen-bond acceptors (Lipinski definition) is 4. The van der Waals surface area contributed by atoms with E-state index in [2.05, 4.69) is 10.9 Å². The molecular weight excluding hydrogens is 392 g/mol. The molecule has 2 N–H and O–H groups in total. The van der Waals surface area contributed by atoms with Gasteiger partial charge in [-0.1, -0.05) is 0 Å². The fourth-order valence-electron chi connectivity index (χ4n) is 3.26. The van der Waals surface area contributed by atoms with E-state index in [1.165, 1.54) is 4.90 Å². The highest BCUT2D eigenvalue weighted by Crippen LogP contribution is 2.33. The van der Waals surface area contributed by atoms with E-state index in [1.807, 2.05) is 0 Å². The van der Waals surface area contributed by atoms with Crippen molar-refractivity contribution in [2.24, 2.45) is 0 Å². The Morgan fingerprint density at radius 2 is 1.96 bits per heavy atom. The minimum atomic E-state index is -4.64. The second-order valence-electron chi connectivity index (χ2n) is 6.42. The molecule has 2 aliphatic heterocycles. The average molecular weight is 409 g/mol. The lowest BCUT2D eigenvalue weighted by Gasteiger charge is -2.41. The van der Waals surface area contributed by atoms with Gasteiger partial charge in [0.2, 0.25) is 5.91 Å². The van der Waals surface area contributed by atoms with Gasteiger partial charge in [0, 0.05) is 32.2 Å². The van der Waals surface area contributed by atoms with Gasteiger partial charge in [0.05, 0.1) is 12.1 Å². The summed E-state index contributed by atoms with van der Waals surface area (Å²) in [5, 5.41) is -0.842. The number of carbonyl (C=O) groups excluding carboxylic acids is 2. The van der Waals surface area contributed by atoms with Gasteiger partial charge in [-0.05, 0) is 23.8 Å². The van der Waals surface area contributed by atoms with Gasteiger partial charge in [-0.2, -0.15) is 13.2 Å². The second-order valence-corrected chi connectivity index (χ2v) is 6.89. The van der Waals surface area contributed by atoms with Crippen LogP contribution in [0.2, 0.25) is 0 Å². The summed E-state index contributed by atoms with van der Waals surface area (Å²) in [6.07, 6.45) is -4.64. The van der Waals surface area contributed by atoms with Gasteiger partial charge in [0.15, 0.2) is 0 Å². The molecule has 6 nitrogen and oxygen atoms in total. The molecule has 1 aromatic carbocycles. The average Bonchev–Trinajstić information content (AvgIpc) is 2.58. The molecule has 2 unspecified atom stereocenters. The predicted octanol–water partition coefficient (Wildman–Crippen LogP) is 1.10. The van der Waals surface area contributed by atoms with Crippen LogP contribution in [0.5, 0.6) is 0 Å². The zero-order chi connectivity index (χ0) is 19.8. The van der Waals surface area contributed by atoms with Crippen molar-refractivity contribution < 1.29 is 27.2 Å². The predicted molar refractivity (Wildman–Crippen MR) is 88.0 cm³/mol. The zero-order valence-electron chi connectivity index (χ0n) is 14.0. The number of carbonyl (C=O) groups is 2. The van der Waals surface area contributed by atoms with Gasteiger partial charge in [-0.3, -0.25) is 19.9 Å². The Hall–Kier alpha value is -1.91. The maximum atomic E-state index is 13.4. The lowest BCUT2D eigenvalue weighted by atomic mass is 10.0. The van der Waals surface area contributed by atoms with Crippen LogP contribution in [0.15, 0.2) is 18.2 Å². The van der Waals surface area contributed by atoms with Crippen molar-refractivity contribution in [1.82, 2.24) is 20.7 Å². The first-order valence-electron chi connectivity index (χ1n) is 8.21. The summed E-state index contributed by atoms with van der Waals surface area (Å²) in [7, 11) is 0. The van der Waals surface area contributed by atoms with Crippen LogP contribution in [0.3, 0.4) is 0 Å². The largest absolute Gasteiger partial charge is 0.416 e. The molecule has 0 saturated carbocycles. The SMILES string of the molecule is O=C1NNCC(N2CCN(Cc3cc(F)ccc3C(F)(F)F)C(=O)C2)C1Cl. The Morgan fingerprint density at radius 1 is 1.22 bits per heavy atom.